The van der Waals surface area contributed by atoms with E-state index in [0.717, 1.165) is 31.4 Å². The molecule has 1 aromatic carbocycles. The first-order chi connectivity index (χ1) is 12.6. The highest BCUT2D eigenvalue weighted by atomic mass is 16.2. The fraction of sp³-hybridized carbons (Fsp3) is 0.550. The van der Waals surface area contributed by atoms with Crippen molar-refractivity contribution in [3.05, 3.63) is 24.3 Å². The van der Waals surface area contributed by atoms with Gasteiger partial charge in [0.1, 0.15) is 0 Å². The van der Waals surface area contributed by atoms with Gasteiger partial charge in [-0.3, -0.25) is 14.4 Å². The standard InChI is InChI=1S/C20H25N3O3/c24-18-11-14(12-23(18)17-3-1-2-4-17)20(26)22-16-9-7-15(8-10-16)21-19(25)13-5-6-13/h7-10,13-14,17H,1-6,11-12H2,(H,21,25)(H,22,26). The second-order valence-corrected chi connectivity index (χ2v) is 7.72. The third kappa shape index (κ3) is 3.74. The minimum Gasteiger partial charge on any atom is -0.339 e. The van der Waals surface area contributed by atoms with Gasteiger partial charge in [0.25, 0.3) is 0 Å². The Morgan fingerprint density at radius 1 is 0.846 bits per heavy atom. The van der Waals surface area contributed by atoms with Crippen molar-refractivity contribution in [1.29, 1.82) is 0 Å². The van der Waals surface area contributed by atoms with Gasteiger partial charge in [-0.25, -0.2) is 0 Å². The van der Waals surface area contributed by atoms with Crippen molar-refractivity contribution in [2.24, 2.45) is 11.8 Å². The predicted octanol–water partition coefficient (Wildman–Crippen LogP) is 2.76. The molecule has 2 saturated carbocycles. The van der Waals surface area contributed by atoms with Gasteiger partial charge in [-0.05, 0) is 49.9 Å². The summed E-state index contributed by atoms with van der Waals surface area (Å²) >= 11 is 0. The number of rotatable bonds is 5. The van der Waals surface area contributed by atoms with Crippen molar-refractivity contribution in [3.8, 4) is 0 Å². The maximum Gasteiger partial charge on any atom is 0.229 e. The van der Waals surface area contributed by atoms with Crippen molar-refractivity contribution in [1.82, 2.24) is 4.90 Å². The maximum atomic E-state index is 12.5. The lowest BCUT2D eigenvalue weighted by Crippen LogP contribution is -2.35. The molecule has 138 valence electrons. The number of anilines is 2. The number of carbonyl (C=O) groups is 3. The third-order valence-corrected chi connectivity index (χ3v) is 5.66. The molecule has 0 spiro atoms. The molecule has 2 aliphatic carbocycles. The van der Waals surface area contributed by atoms with E-state index in [2.05, 4.69) is 10.6 Å². The van der Waals surface area contributed by atoms with Gasteiger partial charge in [-0.2, -0.15) is 0 Å². The molecule has 3 amide bonds. The molecule has 0 aromatic heterocycles. The van der Waals surface area contributed by atoms with Crippen LogP contribution in [-0.4, -0.2) is 35.2 Å². The molecule has 2 N–H and O–H groups in total. The lowest BCUT2D eigenvalue weighted by atomic mass is 10.1. The van der Waals surface area contributed by atoms with Gasteiger partial charge in [-0.1, -0.05) is 12.8 Å². The van der Waals surface area contributed by atoms with E-state index in [0.29, 0.717) is 24.7 Å². The molecule has 1 aliphatic heterocycles. The molecule has 0 bridgehead atoms. The fourth-order valence-electron chi connectivity index (χ4n) is 3.95. The van der Waals surface area contributed by atoms with Crippen LogP contribution in [0.4, 0.5) is 11.4 Å². The summed E-state index contributed by atoms with van der Waals surface area (Å²) in [4.78, 5) is 38.4. The highest BCUT2D eigenvalue weighted by Crippen LogP contribution is 2.31. The first-order valence-electron chi connectivity index (χ1n) is 9.61. The number of hydrogen-bond acceptors (Lipinski definition) is 3. The van der Waals surface area contributed by atoms with Crippen LogP contribution in [0.1, 0.15) is 44.9 Å². The zero-order valence-corrected chi connectivity index (χ0v) is 14.9. The van der Waals surface area contributed by atoms with Gasteiger partial charge in [-0.15, -0.1) is 0 Å². The first-order valence-corrected chi connectivity index (χ1v) is 9.61. The van der Waals surface area contributed by atoms with Crippen molar-refractivity contribution in [3.63, 3.8) is 0 Å². The number of benzene rings is 1. The molecule has 6 nitrogen and oxygen atoms in total. The maximum absolute atomic E-state index is 12.5. The van der Waals surface area contributed by atoms with Gasteiger partial charge in [0.2, 0.25) is 17.7 Å². The van der Waals surface area contributed by atoms with E-state index >= 15 is 0 Å². The first kappa shape index (κ1) is 17.1. The van der Waals surface area contributed by atoms with Crippen molar-refractivity contribution in [2.45, 2.75) is 51.0 Å². The summed E-state index contributed by atoms with van der Waals surface area (Å²) in [6.07, 6.45) is 6.72. The molecule has 1 unspecified atom stereocenters. The fourth-order valence-corrected chi connectivity index (χ4v) is 3.95. The summed E-state index contributed by atoms with van der Waals surface area (Å²) in [5.41, 5.74) is 1.43. The van der Waals surface area contributed by atoms with Crippen LogP contribution in [0.15, 0.2) is 24.3 Å². The Hall–Kier alpha value is -2.37. The second-order valence-electron chi connectivity index (χ2n) is 7.72. The van der Waals surface area contributed by atoms with Gasteiger partial charge in [0.15, 0.2) is 0 Å². The number of carbonyl (C=O) groups excluding carboxylic acids is 3. The Bertz CT molecular complexity index is 706. The molecule has 1 atom stereocenters. The zero-order valence-electron chi connectivity index (χ0n) is 14.9. The van der Waals surface area contributed by atoms with E-state index in [1.165, 1.54) is 12.8 Å². The van der Waals surface area contributed by atoms with Gasteiger partial charge >= 0.3 is 0 Å². The SMILES string of the molecule is O=C(Nc1ccc(NC(=O)C2CC(=O)N(C3CCCC3)C2)cc1)C1CC1. The molecular formula is C20H25N3O3. The molecule has 1 heterocycles. The van der Waals surface area contributed by atoms with E-state index < -0.39 is 0 Å². The Morgan fingerprint density at radius 2 is 1.38 bits per heavy atom. The molecule has 26 heavy (non-hydrogen) atoms. The van der Waals surface area contributed by atoms with Crippen molar-refractivity contribution in [2.75, 3.05) is 17.2 Å². The van der Waals surface area contributed by atoms with E-state index in [1.54, 1.807) is 24.3 Å². The predicted molar refractivity (Wildman–Crippen MR) is 98.5 cm³/mol. The average molecular weight is 355 g/mol. The number of amides is 3. The molecule has 1 aromatic rings. The molecule has 3 aliphatic rings. The minimum absolute atomic E-state index is 0.0678. The highest BCUT2D eigenvalue weighted by Gasteiger charge is 2.38. The van der Waals surface area contributed by atoms with Crippen LogP contribution in [0, 0.1) is 11.8 Å². The summed E-state index contributed by atoms with van der Waals surface area (Å²) in [7, 11) is 0. The topological polar surface area (TPSA) is 78.5 Å². The van der Waals surface area contributed by atoms with Crippen molar-refractivity contribution >= 4 is 29.1 Å². The summed E-state index contributed by atoms with van der Waals surface area (Å²) in [6, 6.07) is 7.48. The number of hydrogen-bond donors (Lipinski definition) is 2. The molecule has 6 heteroatoms. The van der Waals surface area contributed by atoms with Crippen LogP contribution in [0.5, 0.6) is 0 Å². The lowest BCUT2D eigenvalue weighted by Gasteiger charge is -2.23. The van der Waals surface area contributed by atoms with E-state index in [9.17, 15) is 14.4 Å². The third-order valence-electron chi connectivity index (χ3n) is 5.66. The normalized spacial score (nSPS) is 23.3. The minimum atomic E-state index is -0.280. The number of nitrogens with zero attached hydrogens (tertiary/aromatic N) is 1. The van der Waals surface area contributed by atoms with Crippen molar-refractivity contribution < 1.29 is 14.4 Å². The summed E-state index contributed by atoms with van der Waals surface area (Å²) in [5, 5.41) is 5.78. The van der Waals surface area contributed by atoms with E-state index in [4.69, 9.17) is 0 Å². The van der Waals surface area contributed by atoms with Crippen LogP contribution in [0.3, 0.4) is 0 Å². The molecule has 3 fully saturated rings. The van der Waals surface area contributed by atoms with E-state index in [1.807, 2.05) is 4.90 Å². The van der Waals surface area contributed by atoms with Gasteiger partial charge < -0.3 is 15.5 Å². The quantitative estimate of drug-likeness (QED) is 0.852. The lowest BCUT2D eigenvalue weighted by molar-refractivity contribution is -0.130. The summed E-state index contributed by atoms with van der Waals surface area (Å²) in [5.74, 6) is -0.0449. The molecule has 1 saturated heterocycles. The molecular weight excluding hydrogens is 330 g/mol. The van der Waals surface area contributed by atoms with Crippen LogP contribution in [0.2, 0.25) is 0 Å². The van der Waals surface area contributed by atoms with Crippen LogP contribution >= 0.6 is 0 Å². The molecule has 4 rings (SSSR count). The van der Waals surface area contributed by atoms with Gasteiger partial charge in [0.05, 0.1) is 5.92 Å². The monoisotopic (exact) mass is 355 g/mol. The molecule has 0 radical (unpaired) electrons. The Kier molecular flexibility index (Phi) is 4.66. The Labute approximate surface area is 153 Å². The summed E-state index contributed by atoms with van der Waals surface area (Å²) in [6.45, 7) is 0.533. The Balaban J connectivity index is 1.31. The summed E-state index contributed by atoms with van der Waals surface area (Å²) < 4.78 is 0. The highest BCUT2D eigenvalue weighted by molar-refractivity contribution is 5.98. The average Bonchev–Trinajstić information content (AvgIpc) is 3.21. The van der Waals surface area contributed by atoms with Gasteiger partial charge in [0, 0.05) is 36.3 Å². The Morgan fingerprint density at radius 3 is 1.92 bits per heavy atom. The van der Waals surface area contributed by atoms with E-state index in [-0.39, 0.29) is 29.6 Å². The van der Waals surface area contributed by atoms with Crippen LogP contribution < -0.4 is 10.6 Å². The second kappa shape index (κ2) is 7.09. The van der Waals surface area contributed by atoms with Crippen LogP contribution in [-0.2, 0) is 14.4 Å². The van der Waals surface area contributed by atoms with Crippen LogP contribution in [0.25, 0.3) is 0 Å². The number of nitrogens with one attached hydrogen (secondary N) is 2. The largest absolute Gasteiger partial charge is 0.339 e. The zero-order chi connectivity index (χ0) is 18.1. The number of likely N-dealkylation sites (tertiary alicyclic amines) is 1. The smallest absolute Gasteiger partial charge is 0.229 e.